The zero-order valence-electron chi connectivity index (χ0n) is 9.42. The Morgan fingerprint density at radius 1 is 1.28 bits per heavy atom. The van der Waals surface area contributed by atoms with Gasteiger partial charge in [0.05, 0.1) is 4.92 Å². The highest BCUT2D eigenvalue weighted by molar-refractivity contribution is 6.31. The Kier molecular flexibility index (Phi) is 3.38. The van der Waals surface area contributed by atoms with E-state index in [0.29, 0.717) is 5.69 Å². The van der Waals surface area contributed by atoms with E-state index in [9.17, 15) is 10.1 Å². The molecule has 0 bridgehead atoms. The van der Waals surface area contributed by atoms with Crippen molar-refractivity contribution < 1.29 is 4.92 Å². The van der Waals surface area contributed by atoms with Crippen LogP contribution < -0.4 is 5.32 Å². The van der Waals surface area contributed by atoms with E-state index in [0.717, 1.165) is 5.56 Å². The smallest absolute Gasteiger partial charge is 0.334 e. The third-order valence-corrected chi connectivity index (χ3v) is 2.55. The molecule has 0 saturated carbocycles. The monoisotopic (exact) mass is 264 g/mol. The zero-order chi connectivity index (χ0) is 13.1. The summed E-state index contributed by atoms with van der Waals surface area (Å²) in [4.78, 5) is 17.7. The van der Waals surface area contributed by atoms with E-state index in [1.54, 1.807) is 12.1 Å². The highest BCUT2D eigenvalue weighted by Crippen LogP contribution is 2.30. The van der Waals surface area contributed by atoms with Crippen molar-refractivity contribution in [2.45, 2.75) is 6.92 Å². The molecule has 2 rings (SSSR count). The van der Waals surface area contributed by atoms with E-state index < -0.39 is 4.92 Å². The number of aromatic nitrogens is 2. The minimum atomic E-state index is -0.612. The topological polar surface area (TPSA) is 81.0 Å². The number of nitrogens with zero attached hydrogens (tertiary/aromatic N) is 3. The minimum Gasteiger partial charge on any atom is -0.334 e. The van der Waals surface area contributed by atoms with Crippen LogP contribution in [0.5, 0.6) is 0 Å². The highest BCUT2D eigenvalue weighted by atomic mass is 35.5. The van der Waals surface area contributed by atoms with Crippen molar-refractivity contribution in [3.05, 3.63) is 51.4 Å². The van der Waals surface area contributed by atoms with Crippen LogP contribution in [0.4, 0.5) is 17.2 Å². The number of hydrogen-bond donors (Lipinski definition) is 1. The number of anilines is 2. The van der Waals surface area contributed by atoms with Crippen LogP contribution in [0.3, 0.4) is 0 Å². The normalized spacial score (nSPS) is 10.1. The number of nitro groups is 1. The molecule has 0 fully saturated rings. The lowest BCUT2D eigenvalue weighted by molar-refractivity contribution is -0.384. The maximum Gasteiger partial charge on any atom is 0.348 e. The molecule has 0 spiro atoms. The molecule has 0 aliphatic heterocycles. The molecule has 0 unspecified atom stereocenters. The molecule has 2 aromatic rings. The number of rotatable bonds is 3. The summed E-state index contributed by atoms with van der Waals surface area (Å²) in [6, 6.07) is 7.37. The predicted octanol–water partition coefficient (Wildman–Crippen LogP) is 3.09. The average Bonchev–Trinajstić information content (AvgIpc) is 2.32. The maximum atomic E-state index is 10.9. The molecule has 0 aliphatic carbocycles. The Morgan fingerprint density at radius 2 is 1.94 bits per heavy atom. The summed E-state index contributed by atoms with van der Waals surface area (Å²) in [5.41, 5.74) is 1.45. The molecular formula is C11H9ClN4O2. The Balaban J connectivity index is 2.37. The summed E-state index contributed by atoms with van der Waals surface area (Å²) in [6.07, 6.45) is 1.17. The third kappa shape index (κ3) is 2.54. The third-order valence-electron chi connectivity index (χ3n) is 2.27. The molecule has 1 aromatic carbocycles. The molecule has 1 aromatic heterocycles. The van der Waals surface area contributed by atoms with Gasteiger partial charge in [-0.2, -0.15) is 0 Å². The van der Waals surface area contributed by atoms with Crippen LogP contribution in [-0.4, -0.2) is 14.9 Å². The van der Waals surface area contributed by atoms with Crippen LogP contribution >= 0.6 is 11.6 Å². The van der Waals surface area contributed by atoms with Gasteiger partial charge in [0, 0.05) is 5.69 Å². The molecule has 0 atom stereocenters. The first-order valence-corrected chi connectivity index (χ1v) is 5.44. The average molecular weight is 265 g/mol. The van der Waals surface area contributed by atoms with E-state index >= 15 is 0 Å². The quantitative estimate of drug-likeness (QED) is 0.523. The largest absolute Gasteiger partial charge is 0.348 e. The summed E-state index contributed by atoms with van der Waals surface area (Å²) < 4.78 is 0. The van der Waals surface area contributed by atoms with Gasteiger partial charge in [0.15, 0.2) is 0 Å². The number of aryl methyl sites for hydroxylation is 1. The molecule has 18 heavy (non-hydrogen) atoms. The Morgan fingerprint density at radius 3 is 2.56 bits per heavy atom. The Bertz CT molecular complexity index is 586. The lowest BCUT2D eigenvalue weighted by Gasteiger charge is -2.06. The molecule has 0 aliphatic rings. The predicted molar refractivity (Wildman–Crippen MR) is 68.2 cm³/mol. The zero-order valence-corrected chi connectivity index (χ0v) is 10.2. The second-order valence-corrected chi connectivity index (χ2v) is 3.97. The van der Waals surface area contributed by atoms with Crippen LogP contribution in [0.25, 0.3) is 0 Å². The molecular weight excluding hydrogens is 256 g/mol. The van der Waals surface area contributed by atoms with E-state index in [1.165, 1.54) is 6.33 Å². The van der Waals surface area contributed by atoms with Crippen molar-refractivity contribution in [2.75, 3.05) is 5.32 Å². The van der Waals surface area contributed by atoms with Gasteiger partial charge in [-0.05, 0) is 19.1 Å². The molecule has 0 amide bonds. The van der Waals surface area contributed by atoms with E-state index in [-0.39, 0.29) is 16.7 Å². The molecule has 7 heteroatoms. The van der Waals surface area contributed by atoms with Crippen LogP contribution in [0.15, 0.2) is 30.6 Å². The van der Waals surface area contributed by atoms with E-state index in [2.05, 4.69) is 15.3 Å². The van der Waals surface area contributed by atoms with Gasteiger partial charge >= 0.3 is 5.69 Å². The SMILES string of the molecule is Cc1ccc(Nc2ncnc(Cl)c2[N+](=O)[O-])cc1. The van der Waals surface area contributed by atoms with Gasteiger partial charge in [0.25, 0.3) is 0 Å². The summed E-state index contributed by atoms with van der Waals surface area (Å²) in [7, 11) is 0. The van der Waals surface area contributed by atoms with Crippen molar-refractivity contribution in [3.8, 4) is 0 Å². The first-order chi connectivity index (χ1) is 8.58. The van der Waals surface area contributed by atoms with Gasteiger partial charge in [-0.1, -0.05) is 29.3 Å². The van der Waals surface area contributed by atoms with Crippen LogP contribution in [0.2, 0.25) is 5.15 Å². The lowest BCUT2D eigenvalue weighted by Crippen LogP contribution is -2.01. The van der Waals surface area contributed by atoms with Gasteiger partial charge in [-0.15, -0.1) is 0 Å². The Labute approximate surface area is 108 Å². The molecule has 92 valence electrons. The van der Waals surface area contributed by atoms with Crippen molar-refractivity contribution in [1.29, 1.82) is 0 Å². The second kappa shape index (κ2) is 4.97. The van der Waals surface area contributed by atoms with Crippen molar-refractivity contribution >= 4 is 28.8 Å². The number of hydrogen-bond acceptors (Lipinski definition) is 5. The number of benzene rings is 1. The summed E-state index contributed by atoms with van der Waals surface area (Å²) in [5, 5.41) is 13.5. The number of halogens is 1. The van der Waals surface area contributed by atoms with Crippen LogP contribution in [-0.2, 0) is 0 Å². The molecule has 1 N–H and O–H groups in total. The molecule has 6 nitrogen and oxygen atoms in total. The molecule has 1 heterocycles. The van der Waals surface area contributed by atoms with E-state index in [4.69, 9.17) is 11.6 Å². The minimum absolute atomic E-state index is 0.0730. The van der Waals surface area contributed by atoms with Gasteiger partial charge < -0.3 is 5.32 Å². The van der Waals surface area contributed by atoms with E-state index in [1.807, 2.05) is 19.1 Å². The first kappa shape index (κ1) is 12.3. The van der Waals surface area contributed by atoms with Gasteiger partial charge in [-0.3, -0.25) is 10.1 Å². The first-order valence-electron chi connectivity index (χ1n) is 5.06. The van der Waals surface area contributed by atoms with Gasteiger partial charge in [0.1, 0.15) is 6.33 Å². The number of nitrogens with one attached hydrogen (secondary N) is 1. The summed E-state index contributed by atoms with van der Waals surface area (Å²) in [5.74, 6) is 0.0730. The standard InChI is InChI=1S/C11H9ClN4O2/c1-7-2-4-8(5-3-7)15-11-9(16(17)18)10(12)13-6-14-11/h2-6H,1H3,(H,13,14,15). The fourth-order valence-electron chi connectivity index (χ4n) is 1.38. The highest BCUT2D eigenvalue weighted by Gasteiger charge is 2.21. The van der Waals surface area contributed by atoms with Crippen molar-refractivity contribution in [1.82, 2.24) is 9.97 Å². The summed E-state index contributed by atoms with van der Waals surface area (Å²) in [6.45, 7) is 1.95. The maximum absolute atomic E-state index is 10.9. The fraction of sp³-hybridized carbons (Fsp3) is 0.0909. The van der Waals surface area contributed by atoms with Crippen LogP contribution in [0.1, 0.15) is 5.56 Å². The molecule has 0 saturated heterocycles. The van der Waals surface area contributed by atoms with Crippen molar-refractivity contribution in [2.24, 2.45) is 0 Å². The summed E-state index contributed by atoms with van der Waals surface area (Å²) >= 11 is 5.68. The lowest BCUT2D eigenvalue weighted by atomic mass is 10.2. The van der Waals surface area contributed by atoms with Gasteiger partial charge in [0.2, 0.25) is 11.0 Å². The Hall–Kier alpha value is -2.21. The van der Waals surface area contributed by atoms with Crippen LogP contribution in [0, 0.1) is 17.0 Å². The second-order valence-electron chi connectivity index (χ2n) is 3.61. The fourth-order valence-corrected chi connectivity index (χ4v) is 1.59. The molecule has 0 radical (unpaired) electrons. The van der Waals surface area contributed by atoms with Gasteiger partial charge in [-0.25, -0.2) is 9.97 Å². The van der Waals surface area contributed by atoms with Crippen molar-refractivity contribution in [3.63, 3.8) is 0 Å².